The lowest BCUT2D eigenvalue weighted by Crippen LogP contribution is -2.15. The molecular formula is C12H22ClN3O2S. The van der Waals surface area contributed by atoms with E-state index in [-0.39, 0.29) is 11.1 Å². The van der Waals surface area contributed by atoms with E-state index in [1.807, 2.05) is 20.8 Å². The molecule has 7 heteroatoms. The molecule has 0 bridgehead atoms. The first-order chi connectivity index (χ1) is 8.77. The Balaban J connectivity index is 3.14. The summed E-state index contributed by atoms with van der Waals surface area (Å²) >= 11 is 0. The lowest BCUT2D eigenvalue weighted by Gasteiger charge is -2.15. The molecule has 0 aliphatic rings. The Morgan fingerprint density at radius 1 is 1.26 bits per heavy atom. The van der Waals surface area contributed by atoms with Gasteiger partial charge >= 0.3 is 0 Å². The van der Waals surface area contributed by atoms with Crippen LogP contribution in [0, 0.1) is 5.92 Å². The van der Waals surface area contributed by atoms with Crippen molar-refractivity contribution in [1.82, 2.24) is 14.8 Å². The van der Waals surface area contributed by atoms with Crippen molar-refractivity contribution >= 4 is 19.7 Å². The fourth-order valence-corrected chi connectivity index (χ4v) is 2.93. The second-order valence-corrected chi connectivity index (χ2v) is 7.79. The van der Waals surface area contributed by atoms with Gasteiger partial charge in [-0.05, 0) is 12.3 Å². The SMILES string of the molecule is CCCCC(C)c1nnc(S(=O)(=O)Cl)n1CC(C)C. The van der Waals surface area contributed by atoms with Crippen LogP contribution in [0.3, 0.4) is 0 Å². The topological polar surface area (TPSA) is 64.8 Å². The van der Waals surface area contributed by atoms with Crippen LogP contribution in [0.5, 0.6) is 0 Å². The largest absolute Gasteiger partial charge is 0.300 e. The second-order valence-electron chi connectivity index (χ2n) is 5.33. The van der Waals surface area contributed by atoms with Gasteiger partial charge in [0, 0.05) is 23.1 Å². The Kier molecular flexibility index (Phi) is 5.80. The number of hydrogen-bond acceptors (Lipinski definition) is 4. The zero-order chi connectivity index (χ0) is 14.6. The lowest BCUT2D eigenvalue weighted by atomic mass is 10.0. The van der Waals surface area contributed by atoms with Crippen molar-refractivity contribution in [3.63, 3.8) is 0 Å². The van der Waals surface area contributed by atoms with Gasteiger partial charge in [0.05, 0.1) is 0 Å². The Labute approximate surface area is 119 Å². The molecular weight excluding hydrogens is 286 g/mol. The summed E-state index contributed by atoms with van der Waals surface area (Å²) < 4.78 is 24.7. The quantitative estimate of drug-likeness (QED) is 0.726. The molecule has 0 fully saturated rings. The first kappa shape index (κ1) is 16.4. The van der Waals surface area contributed by atoms with Crippen LogP contribution >= 0.6 is 10.7 Å². The monoisotopic (exact) mass is 307 g/mol. The molecule has 0 spiro atoms. The summed E-state index contributed by atoms with van der Waals surface area (Å²) in [5, 5.41) is 7.66. The van der Waals surface area contributed by atoms with E-state index < -0.39 is 9.05 Å². The molecule has 1 aromatic rings. The zero-order valence-electron chi connectivity index (χ0n) is 11.9. The number of unbranched alkanes of at least 4 members (excludes halogenated alkanes) is 1. The first-order valence-corrected chi connectivity index (χ1v) is 8.96. The molecule has 1 atom stereocenters. The fourth-order valence-electron chi connectivity index (χ4n) is 2.02. The van der Waals surface area contributed by atoms with Crippen LogP contribution in [-0.4, -0.2) is 23.2 Å². The van der Waals surface area contributed by atoms with E-state index in [0.29, 0.717) is 18.3 Å². The third kappa shape index (κ3) is 4.45. The lowest BCUT2D eigenvalue weighted by molar-refractivity contribution is 0.453. The van der Waals surface area contributed by atoms with Gasteiger partial charge in [-0.15, -0.1) is 10.2 Å². The summed E-state index contributed by atoms with van der Waals surface area (Å²) in [5.74, 6) is 1.19. The molecule has 0 aliphatic carbocycles. The smallest absolute Gasteiger partial charge is 0.296 e. The minimum atomic E-state index is -3.85. The van der Waals surface area contributed by atoms with Gasteiger partial charge in [-0.25, -0.2) is 8.42 Å². The summed E-state index contributed by atoms with van der Waals surface area (Å²) in [6.45, 7) is 8.76. The standard InChI is InChI=1S/C12H22ClN3O2S/c1-5-6-7-10(4)11-14-15-12(19(13,17)18)16(11)8-9(2)3/h9-10H,5-8H2,1-4H3. The minimum absolute atomic E-state index is 0.138. The van der Waals surface area contributed by atoms with E-state index in [1.54, 1.807) is 4.57 Å². The molecule has 1 unspecified atom stereocenters. The Morgan fingerprint density at radius 3 is 2.37 bits per heavy atom. The number of nitrogens with zero attached hydrogens (tertiary/aromatic N) is 3. The molecule has 110 valence electrons. The second kappa shape index (κ2) is 6.70. The van der Waals surface area contributed by atoms with Gasteiger partial charge in [0.15, 0.2) is 0 Å². The van der Waals surface area contributed by atoms with Crippen LogP contribution in [-0.2, 0) is 15.6 Å². The molecule has 0 saturated heterocycles. The molecule has 0 saturated carbocycles. The van der Waals surface area contributed by atoms with E-state index in [4.69, 9.17) is 10.7 Å². The van der Waals surface area contributed by atoms with Crippen LogP contribution in [0.25, 0.3) is 0 Å². The highest BCUT2D eigenvalue weighted by Crippen LogP contribution is 2.24. The highest BCUT2D eigenvalue weighted by atomic mass is 35.7. The Morgan fingerprint density at radius 2 is 1.89 bits per heavy atom. The van der Waals surface area contributed by atoms with Crippen molar-refractivity contribution in [2.45, 2.75) is 64.6 Å². The summed E-state index contributed by atoms with van der Waals surface area (Å²) in [6.07, 6.45) is 3.15. The van der Waals surface area contributed by atoms with E-state index >= 15 is 0 Å². The molecule has 1 rings (SSSR count). The van der Waals surface area contributed by atoms with Crippen molar-refractivity contribution < 1.29 is 8.42 Å². The van der Waals surface area contributed by atoms with Crippen LogP contribution < -0.4 is 0 Å². The molecule has 0 aromatic carbocycles. The maximum atomic E-state index is 11.5. The summed E-state index contributed by atoms with van der Waals surface area (Å²) in [4.78, 5) is 0. The average Bonchev–Trinajstić information content (AvgIpc) is 2.68. The first-order valence-electron chi connectivity index (χ1n) is 6.65. The predicted octanol–water partition coefficient (Wildman–Crippen LogP) is 3.16. The molecule has 5 nitrogen and oxygen atoms in total. The third-order valence-electron chi connectivity index (χ3n) is 2.94. The molecule has 0 aliphatic heterocycles. The normalized spacial score (nSPS) is 14.0. The Bertz CT molecular complexity index is 511. The minimum Gasteiger partial charge on any atom is -0.300 e. The van der Waals surface area contributed by atoms with Crippen LogP contribution in [0.1, 0.15) is 58.7 Å². The van der Waals surface area contributed by atoms with Gasteiger partial charge in [-0.2, -0.15) is 0 Å². The molecule has 0 amide bonds. The van der Waals surface area contributed by atoms with Crippen molar-refractivity contribution in [2.24, 2.45) is 5.92 Å². The van der Waals surface area contributed by atoms with Gasteiger partial charge in [0.2, 0.25) is 0 Å². The predicted molar refractivity (Wildman–Crippen MR) is 75.8 cm³/mol. The van der Waals surface area contributed by atoms with Gasteiger partial charge in [-0.3, -0.25) is 0 Å². The van der Waals surface area contributed by atoms with Gasteiger partial charge in [0.1, 0.15) is 5.82 Å². The fraction of sp³-hybridized carbons (Fsp3) is 0.833. The van der Waals surface area contributed by atoms with Crippen molar-refractivity contribution in [2.75, 3.05) is 0 Å². The molecule has 0 radical (unpaired) electrons. The van der Waals surface area contributed by atoms with Gasteiger partial charge in [0.25, 0.3) is 14.2 Å². The highest BCUT2D eigenvalue weighted by Gasteiger charge is 2.25. The molecule has 1 aromatic heterocycles. The van der Waals surface area contributed by atoms with E-state index in [2.05, 4.69) is 17.1 Å². The summed E-state index contributed by atoms with van der Waals surface area (Å²) in [5.41, 5.74) is 0. The van der Waals surface area contributed by atoms with E-state index in [0.717, 1.165) is 19.3 Å². The van der Waals surface area contributed by atoms with Crippen LogP contribution in [0.15, 0.2) is 5.16 Å². The van der Waals surface area contributed by atoms with Crippen molar-refractivity contribution in [1.29, 1.82) is 0 Å². The van der Waals surface area contributed by atoms with Crippen molar-refractivity contribution in [3.8, 4) is 0 Å². The number of halogens is 1. The summed E-state index contributed by atoms with van der Waals surface area (Å²) in [7, 11) is 1.57. The maximum absolute atomic E-state index is 11.5. The Hall–Kier alpha value is -0.620. The number of rotatable bonds is 7. The maximum Gasteiger partial charge on any atom is 0.296 e. The van der Waals surface area contributed by atoms with Crippen LogP contribution in [0.4, 0.5) is 0 Å². The molecule has 0 N–H and O–H groups in total. The van der Waals surface area contributed by atoms with E-state index in [1.165, 1.54) is 0 Å². The summed E-state index contributed by atoms with van der Waals surface area (Å²) in [6, 6.07) is 0. The zero-order valence-corrected chi connectivity index (χ0v) is 13.5. The molecule has 1 heterocycles. The third-order valence-corrected chi connectivity index (χ3v) is 4.09. The van der Waals surface area contributed by atoms with E-state index in [9.17, 15) is 8.42 Å². The van der Waals surface area contributed by atoms with Gasteiger partial charge < -0.3 is 4.57 Å². The van der Waals surface area contributed by atoms with Gasteiger partial charge in [-0.1, -0.05) is 40.5 Å². The highest BCUT2D eigenvalue weighted by molar-refractivity contribution is 8.13. The van der Waals surface area contributed by atoms with Crippen LogP contribution in [0.2, 0.25) is 0 Å². The number of hydrogen-bond donors (Lipinski definition) is 0. The number of aromatic nitrogens is 3. The van der Waals surface area contributed by atoms with Crippen molar-refractivity contribution in [3.05, 3.63) is 5.82 Å². The molecule has 19 heavy (non-hydrogen) atoms. The average molecular weight is 308 g/mol.